The van der Waals surface area contributed by atoms with Crippen molar-refractivity contribution in [2.45, 2.75) is 52.5 Å². The molecule has 1 saturated heterocycles. The summed E-state index contributed by atoms with van der Waals surface area (Å²) in [7, 11) is 0. The molecule has 2 nitrogen and oxygen atoms in total. The van der Waals surface area contributed by atoms with Crippen LogP contribution in [0.5, 0.6) is 0 Å². The van der Waals surface area contributed by atoms with Gasteiger partial charge in [-0.05, 0) is 38.4 Å². The standard InChI is InChI=1S/C13H28N2/c1-4-14-13-8-10-15(11-13)9-6-5-7-12(2)3/h12-14H,4-11H2,1-3H3. The summed E-state index contributed by atoms with van der Waals surface area (Å²) in [6, 6.07) is 0.764. The van der Waals surface area contributed by atoms with Crippen LogP contribution in [0.2, 0.25) is 0 Å². The lowest BCUT2D eigenvalue weighted by molar-refractivity contribution is 0.315. The van der Waals surface area contributed by atoms with E-state index in [4.69, 9.17) is 0 Å². The zero-order chi connectivity index (χ0) is 11.1. The Morgan fingerprint density at radius 3 is 2.80 bits per heavy atom. The third kappa shape index (κ3) is 5.53. The van der Waals surface area contributed by atoms with Crippen molar-refractivity contribution in [3.8, 4) is 0 Å². The molecule has 0 aromatic heterocycles. The number of nitrogens with one attached hydrogen (secondary N) is 1. The number of likely N-dealkylation sites (tertiary alicyclic amines) is 1. The Morgan fingerprint density at radius 1 is 1.33 bits per heavy atom. The quantitative estimate of drug-likeness (QED) is 0.652. The molecular weight excluding hydrogens is 184 g/mol. The summed E-state index contributed by atoms with van der Waals surface area (Å²) < 4.78 is 0. The van der Waals surface area contributed by atoms with Crippen LogP contribution in [0.25, 0.3) is 0 Å². The number of rotatable bonds is 7. The predicted octanol–water partition coefficient (Wildman–Crippen LogP) is 2.50. The Morgan fingerprint density at radius 2 is 2.13 bits per heavy atom. The summed E-state index contributed by atoms with van der Waals surface area (Å²) in [6.07, 6.45) is 5.53. The summed E-state index contributed by atoms with van der Waals surface area (Å²) in [6.45, 7) is 11.8. The molecule has 0 spiro atoms. The Labute approximate surface area is 95.4 Å². The van der Waals surface area contributed by atoms with Crippen molar-refractivity contribution in [3.05, 3.63) is 0 Å². The van der Waals surface area contributed by atoms with E-state index in [1.54, 1.807) is 0 Å². The molecule has 0 radical (unpaired) electrons. The van der Waals surface area contributed by atoms with Gasteiger partial charge in [0.2, 0.25) is 0 Å². The van der Waals surface area contributed by atoms with Crippen LogP contribution in [0, 0.1) is 5.92 Å². The van der Waals surface area contributed by atoms with E-state index >= 15 is 0 Å². The fourth-order valence-electron chi connectivity index (χ4n) is 2.38. The van der Waals surface area contributed by atoms with Gasteiger partial charge in [-0.3, -0.25) is 0 Å². The molecule has 1 heterocycles. The molecule has 0 aliphatic carbocycles. The van der Waals surface area contributed by atoms with E-state index in [0.717, 1.165) is 18.5 Å². The van der Waals surface area contributed by atoms with Crippen LogP contribution < -0.4 is 5.32 Å². The lowest BCUT2D eigenvalue weighted by Gasteiger charge is -2.16. The Kier molecular flexibility index (Phi) is 6.26. The Balaban J connectivity index is 1.99. The fourth-order valence-corrected chi connectivity index (χ4v) is 2.38. The molecule has 1 atom stereocenters. The van der Waals surface area contributed by atoms with Crippen LogP contribution in [0.3, 0.4) is 0 Å². The summed E-state index contributed by atoms with van der Waals surface area (Å²) >= 11 is 0. The van der Waals surface area contributed by atoms with Gasteiger partial charge in [0.25, 0.3) is 0 Å². The van der Waals surface area contributed by atoms with Crippen LogP contribution in [0.4, 0.5) is 0 Å². The maximum atomic E-state index is 3.54. The highest BCUT2D eigenvalue weighted by Crippen LogP contribution is 2.12. The van der Waals surface area contributed by atoms with Gasteiger partial charge in [-0.1, -0.05) is 33.6 Å². The highest BCUT2D eigenvalue weighted by Gasteiger charge is 2.20. The van der Waals surface area contributed by atoms with Crippen molar-refractivity contribution >= 4 is 0 Å². The third-order valence-electron chi connectivity index (χ3n) is 3.27. The monoisotopic (exact) mass is 212 g/mol. The van der Waals surface area contributed by atoms with E-state index in [1.165, 1.54) is 45.3 Å². The molecule has 15 heavy (non-hydrogen) atoms. The van der Waals surface area contributed by atoms with E-state index in [1.807, 2.05) is 0 Å². The fraction of sp³-hybridized carbons (Fsp3) is 1.00. The smallest absolute Gasteiger partial charge is 0.0207 e. The SMILES string of the molecule is CCNC1CCN(CCCCC(C)C)C1. The van der Waals surface area contributed by atoms with Crippen molar-refractivity contribution in [2.24, 2.45) is 5.92 Å². The van der Waals surface area contributed by atoms with Gasteiger partial charge in [0.15, 0.2) is 0 Å². The largest absolute Gasteiger partial charge is 0.313 e. The molecule has 0 aromatic rings. The molecule has 0 amide bonds. The second-order valence-corrected chi connectivity index (χ2v) is 5.23. The highest BCUT2D eigenvalue weighted by molar-refractivity contribution is 4.80. The van der Waals surface area contributed by atoms with Gasteiger partial charge >= 0.3 is 0 Å². The summed E-state index contributed by atoms with van der Waals surface area (Å²) in [5.41, 5.74) is 0. The number of likely N-dealkylation sites (N-methyl/N-ethyl adjacent to an activating group) is 1. The minimum absolute atomic E-state index is 0.764. The van der Waals surface area contributed by atoms with Gasteiger partial charge in [0.1, 0.15) is 0 Å². The zero-order valence-electron chi connectivity index (χ0n) is 10.8. The molecule has 0 saturated carbocycles. The van der Waals surface area contributed by atoms with Crippen LogP contribution >= 0.6 is 0 Å². The molecule has 1 unspecified atom stereocenters. The zero-order valence-corrected chi connectivity index (χ0v) is 10.8. The van der Waals surface area contributed by atoms with Gasteiger partial charge in [-0.25, -0.2) is 0 Å². The Hall–Kier alpha value is -0.0800. The molecule has 1 aliphatic heterocycles. The first-order chi connectivity index (χ1) is 7.22. The molecule has 1 rings (SSSR count). The predicted molar refractivity (Wildman–Crippen MR) is 67.2 cm³/mol. The van der Waals surface area contributed by atoms with Crippen molar-refractivity contribution in [3.63, 3.8) is 0 Å². The molecule has 0 bridgehead atoms. The highest BCUT2D eigenvalue weighted by atomic mass is 15.2. The van der Waals surface area contributed by atoms with E-state index in [-0.39, 0.29) is 0 Å². The number of nitrogens with zero attached hydrogens (tertiary/aromatic N) is 1. The van der Waals surface area contributed by atoms with E-state index < -0.39 is 0 Å². The first-order valence-corrected chi connectivity index (χ1v) is 6.68. The second-order valence-electron chi connectivity index (χ2n) is 5.23. The summed E-state index contributed by atoms with van der Waals surface area (Å²) in [5.74, 6) is 0.873. The second kappa shape index (κ2) is 7.24. The normalized spacial score (nSPS) is 22.8. The van der Waals surface area contributed by atoms with E-state index in [2.05, 4.69) is 31.0 Å². The molecule has 0 aromatic carbocycles. The number of hydrogen-bond donors (Lipinski definition) is 1. The Bertz CT molecular complexity index is 157. The summed E-state index contributed by atoms with van der Waals surface area (Å²) in [4.78, 5) is 2.62. The van der Waals surface area contributed by atoms with Crippen LogP contribution in [-0.4, -0.2) is 37.1 Å². The number of unbranched alkanes of at least 4 members (excludes halogenated alkanes) is 1. The first-order valence-electron chi connectivity index (χ1n) is 6.68. The van der Waals surface area contributed by atoms with Crippen LogP contribution in [0.15, 0.2) is 0 Å². The topological polar surface area (TPSA) is 15.3 Å². The average molecular weight is 212 g/mol. The molecule has 90 valence electrons. The van der Waals surface area contributed by atoms with E-state index in [9.17, 15) is 0 Å². The van der Waals surface area contributed by atoms with Crippen molar-refractivity contribution in [2.75, 3.05) is 26.2 Å². The van der Waals surface area contributed by atoms with Gasteiger partial charge in [0, 0.05) is 12.6 Å². The minimum atomic E-state index is 0.764. The van der Waals surface area contributed by atoms with Gasteiger partial charge in [0.05, 0.1) is 0 Å². The van der Waals surface area contributed by atoms with Gasteiger partial charge < -0.3 is 10.2 Å². The molecule has 2 heteroatoms. The third-order valence-corrected chi connectivity index (χ3v) is 3.27. The first kappa shape index (κ1) is 13.0. The van der Waals surface area contributed by atoms with Crippen LogP contribution in [-0.2, 0) is 0 Å². The maximum Gasteiger partial charge on any atom is 0.0207 e. The van der Waals surface area contributed by atoms with Gasteiger partial charge in [-0.15, -0.1) is 0 Å². The minimum Gasteiger partial charge on any atom is -0.313 e. The number of hydrogen-bond acceptors (Lipinski definition) is 2. The van der Waals surface area contributed by atoms with Crippen molar-refractivity contribution in [1.82, 2.24) is 10.2 Å². The molecule has 1 N–H and O–H groups in total. The van der Waals surface area contributed by atoms with Crippen molar-refractivity contribution in [1.29, 1.82) is 0 Å². The van der Waals surface area contributed by atoms with Gasteiger partial charge in [-0.2, -0.15) is 0 Å². The van der Waals surface area contributed by atoms with Crippen molar-refractivity contribution < 1.29 is 0 Å². The lowest BCUT2D eigenvalue weighted by Crippen LogP contribution is -2.32. The average Bonchev–Trinajstić information content (AvgIpc) is 2.61. The molecule has 1 fully saturated rings. The van der Waals surface area contributed by atoms with E-state index in [0.29, 0.717) is 0 Å². The molecule has 1 aliphatic rings. The lowest BCUT2D eigenvalue weighted by atomic mass is 10.1. The molecular formula is C13H28N2. The maximum absolute atomic E-state index is 3.54. The van der Waals surface area contributed by atoms with Crippen LogP contribution in [0.1, 0.15) is 46.5 Å². The summed E-state index contributed by atoms with van der Waals surface area (Å²) in [5, 5.41) is 3.54.